The van der Waals surface area contributed by atoms with Crippen molar-refractivity contribution in [3.8, 4) is 0 Å². The van der Waals surface area contributed by atoms with Crippen molar-refractivity contribution in [2.45, 2.75) is 6.92 Å². The van der Waals surface area contributed by atoms with E-state index in [9.17, 15) is 10.4 Å². The van der Waals surface area contributed by atoms with Crippen LogP contribution < -0.4 is 15.9 Å². The minimum Gasteiger partial charge on any atom is -0.761 e. The van der Waals surface area contributed by atoms with Crippen molar-refractivity contribution >= 4 is 17.1 Å². The molecule has 0 saturated carbocycles. The molecule has 0 aliphatic rings. The summed E-state index contributed by atoms with van der Waals surface area (Å²) in [5.41, 5.74) is 1.03. The molecule has 0 saturated heterocycles. The Morgan fingerprint density at radius 3 is 2.13 bits per heavy atom. The average molecular weight is 215 g/mol. The Labute approximate surface area is 84.6 Å². The number of rotatable bonds is 3. The van der Waals surface area contributed by atoms with Crippen LogP contribution in [-0.2, 0) is 0 Å². The maximum Gasteiger partial charge on any atom is 0.101 e. The van der Waals surface area contributed by atoms with Crippen molar-refractivity contribution in [2.75, 3.05) is 15.9 Å². The number of hydrogen-bond acceptors (Lipinski definition) is 8. The number of benzene rings is 1. The summed E-state index contributed by atoms with van der Waals surface area (Å²) in [7, 11) is 0. The van der Waals surface area contributed by atoms with E-state index in [0.29, 0.717) is 0 Å². The predicted molar refractivity (Wildman–Crippen MR) is 51.9 cm³/mol. The van der Waals surface area contributed by atoms with Crippen molar-refractivity contribution in [1.82, 2.24) is 0 Å². The van der Waals surface area contributed by atoms with Gasteiger partial charge in [-0.15, -0.1) is 5.23 Å². The van der Waals surface area contributed by atoms with Crippen LogP contribution in [0.15, 0.2) is 12.1 Å². The molecule has 0 radical (unpaired) electrons. The van der Waals surface area contributed by atoms with Crippen LogP contribution in [0.5, 0.6) is 0 Å². The standard InChI is InChI=1S/C7H9N3O5/c1-4-6(9(12)13)2-5(8-11)3-7(4)10(14)15/h2-3,8,12-14H,1H3/q-2. The first-order valence-electron chi connectivity index (χ1n) is 3.84. The molecule has 8 heteroatoms. The van der Waals surface area contributed by atoms with Gasteiger partial charge in [0.1, 0.15) is 5.69 Å². The molecule has 0 unspecified atom stereocenters. The summed E-state index contributed by atoms with van der Waals surface area (Å²) >= 11 is 0. The van der Waals surface area contributed by atoms with Gasteiger partial charge in [-0.2, -0.15) is 0 Å². The lowest BCUT2D eigenvalue weighted by Crippen LogP contribution is -2.16. The van der Waals surface area contributed by atoms with E-state index >= 15 is 0 Å². The summed E-state index contributed by atoms with van der Waals surface area (Å²) in [5, 5.41) is 46.6. The normalized spacial score (nSPS) is 10.0. The van der Waals surface area contributed by atoms with Crippen LogP contribution in [0.25, 0.3) is 0 Å². The van der Waals surface area contributed by atoms with E-state index < -0.39 is 5.23 Å². The SMILES string of the molecule is Cc1c(N([O-])O)cc(N[O-])cc1N(O)O. The first-order chi connectivity index (χ1) is 6.97. The molecule has 8 nitrogen and oxygen atoms in total. The van der Waals surface area contributed by atoms with E-state index in [1.54, 1.807) is 0 Å². The lowest BCUT2D eigenvalue weighted by atomic mass is 10.1. The van der Waals surface area contributed by atoms with Crippen LogP contribution in [0.1, 0.15) is 5.56 Å². The maximum atomic E-state index is 10.7. The third-order valence-corrected chi connectivity index (χ3v) is 1.89. The summed E-state index contributed by atoms with van der Waals surface area (Å²) in [6.07, 6.45) is 0. The van der Waals surface area contributed by atoms with Gasteiger partial charge in [-0.25, -0.2) is 0 Å². The van der Waals surface area contributed by atoms with Crippen molar-refractivity contribution < 1.29 is 15.6 Å². The second-order valence-corrected chi connectivity index (χ2v) is 2.80. The summed E-state index contributed by atoms with van der Waals surface area (Å²) in [6.45, 7) is 1.37. The molecular formula is C7H9N3O5-2. The molecule has 0 spiro atoms. The first-order valence-corrected chi connectivity index (χ1v) is 3.84. The lowest BCUT2D eigenvalue weighted by molar-refractivity contribution is 0.0288. The van der Waals surface area contributed by atoms with Gasteiger partial charge in [0, 0.05) is 11.3 Å². The minimum atomic E-state index is -0.469. The third-order valence-electron chi connectivity index (χ3n) is 1.89. The van der Waals surface area contributed by atoms with E-state index in [-0.39, 0.29) is 27.9 Å². The van der Waals surface area contributed by atoms with E-state index in [2.05, 4.69) is 0 Å². The molecule has 15 heavy (non-hydrogen) atoms. The molecule has 0 amide bonds. The highest BCUT2D eigenvalue weighted by molar-refractivity contribution is 5.72. The Bertz CT molecular complexity index is 325. The Balaban J connectivity index is 3.33. The molecular weight excluding hydrogens is 206 g/mol. The molecule has 0 aromatic heterocycles. The van der Waals surface area contributed by atoms with Gasteiger partial charge in [0.05, 0.1) is 5.69 Å². The zero-order valence-electron chi connectivity index (χ0n) is 7.71. The lowest BCUT2D eigenvalue weighted by Gasteiger charge is -2.27. The number of anilines is 3. The molecule has 0 bridgehead atoms. The van der Waals surface area contributed by atoms with Crippen LogP contribution in [-0.4, -0.2) is 15.6 Å². The van der Waals surface area contributed by atoms with Gasteiger partial charge in [0.25, 0.3) is 0 Å². The molecule has 1 aromatic carbocycles. The number of hydrogen-bond donors (Lipinski definition) is 4. The Morgan fingerprint density at radius 2 is 1.73 bits per heavy atom. The maximum absolute atomic E-state index is 10.7. The van der Waals surface area contributed by atoms with Crippen molar-refractivity contribution in [3.05, 3.63) is 28.1 Å². The summed E-state index contributed by atoms with van der Waals surface area (Å²) in [6, 6.07) is 2.18. The van der Waals surface area contributed by atoms with Crippen LogP contribution in [0.3, 0.4) is 0 Å². The fourth-order valence-electron chi connectivity index (χ4n) is 1.15. The van der Waals surface area contributed by atoms with Crippen LogP contribution in [0, 0.1) is 17.3 Å². The van der Waals surface area contributed by atoms with Crippen molar-refractivity contribution in [2.24, 2.45) is 0 Å². The quantitative estimate of drug-likeness (QED) is 0.554. The van der Waals surface area contributed by atoms with Gasteiger partial charge in [-0.05, 0) is 19.1 Å². The predicted octanol–water partition coefficient (Wildman–Crippen LogP) is 1.18. The van der Waals surface area contributed by atoms with Gasteiger partial charge < -0.3 is 21.1 Å². The zero-order valence-corrected chi connectivity index (χ0v) is 7.71. The van der Waals surface area contributed by atoms with E-state index in [4.69, 9.17) is 15.6 Å². The molecule has 1 aromatic rings. The molecule has 84 valence electrons. The van der Waals surface area contributed by atoms with E-state index in [0.717, 1.165) is 12.1 Å². The van der Waals surface area contributed by atoms with Gasteiger partial charge in [-0.1, -0.05) is 0 Å². The first kappa shape index (κ1) is 11.5. The van der Waals surface area contributed by atoms with Gasteiger partial charge in [0.15, 0.2) is 0 Å². The molecule has 0 heterocycles. The van der Waals surface area contributed by atoms with E-state index in [1.807, 2.05) is 0 Å². The molecule has 0 aliphatic carbocycles. The highest BCUT2D eigenvalue weighted by Crippen LogP contribution is 2.31. The molecule has 0 fully saturated rings. The van der Waals surface area contributed by atoms with Gasteiger partial charge in [-0.3, -0.25) is 15.6 Å². The highest BCUT2D eigenvalue weighted by Gasteiger charge is 2.10. The minimum absolute atomic E-state index is 0.0893. The molecule has 0 atom stereocenters. The fraction of sp³-hybridized carbons (Fsp3) is 0.143. The smallest absolute Gasteiger partial charge is 0.101 e. The van der Waals surface area contributed by atoms with Crippen molar-refractivity contribution in [1.29, 1.82) is 0 Å². The van der Waals surface area contributed by atoms with E-state index in [1.165, 1.54) is 12.4 Å². The van der Waals surface area contributed by atoms with Gasteiger partial charge in [0.2, 0.25) is 0 Å². The Morgan fingerprint density at radius 1 is 1.20 bits per heavy atom. The van der Waals surface area contributed by atoms with Gasteiger partial charge >= 0.3 is 0 Å². The van der Waals surface area contributed by atoms with Crippen LogP contribution in [0.2, 0.25) is 0 Å². The third kappa shape index (κ3) is 2.26. The second kappa shape index (κ2) is 4.29. The molecule has 4 N–H and O–H groups in total. The van der Waals surface area contributed by atoms with Crippen LogP contribution >= 0.6 is 0 Å². The Hall–Kier alpha value is -1.58. The summed E-state index contributed by atoms with van der Waals surface area (Å²) in [4.78, 5) is 0. The Kier molecular flexibility index (Phi) is 3.29. The highest BCUT2D eigenvalue weighted by atomic mass is 16.8. The fourth-order valence-corrected chi connectivity index (χ4v) is 1.15. The second-order valence-electron chi connectivity index (χ2n) is 2.80. The number of nitrogens with one attached hydrogen (secondary N) is 1. The van der Waals surface area contributed by atoms with Crippen molar-refractivity contribution in [3.63, 3.8) is 0 Å². The number of nitrogens with zero attached hydrogens (tertiary/aromatic N) is 2. The van der Waals surface area contributed by atoms with Crippen LogP contribution in [0.4, 0.5) is 17.1 Å². The molecule has 1 rings (SSSR count). The zero-order chi connectivity index (χ0) is 11.6. The summed E-state index contributed by atoms with van der Waals surface area (Å²) in [5.74, 6) is 0. The average Bonchev–Trinajstić information content (AvgIpc) is 2.17. The topological polar surface area (TPSA) is 125 Å². The largest absolute Gasteiger partial charge is 0.761 e. The molecule has 0 aliphatic heterocycles. The summed E-state index contributed by atoms with van der Waals surface area (Å²) < 4.78 is 0. The monoisotopic (exact) mass is 215 g/mol.